The van der Waals surface area contributed by atoms with Gasteiger partial charge in [0.2, 0.25) is 0 Å². The second-order valence-corrected chi connectivity index (χ2v) is 5.86. The van der Waals surface area contributed by atoms with Crippen LogP contribution in [-0.2, 0) is 6.54 Å². The van der Waals surface area contributed by atoms with Crippen LogP contribution in [0.25, 0.3) is 10.9 Å². The van der Waals surface area contributed by atoms with Crippen molar-refractivity contribution >= 4 is 32.6 Å². The van der Waals surface area contributed by atoms with Gasteiger partial charge >= 0.3 is 0 Å². The minimum Gasteiger partial charge on any atom is -0.360 e. The number of aromatic amines is 1. The zero-order valence-corrected chi connectivity index (χ0v) is 13.0. The van der Waals surface area contributed by atoms with E-state index in [2.05, 4.69) is 20.9 Å². The lowest BCUT2D eigenvalue weighted by atomic mass is 10.1. The van der Waals surface area contributed by atoms with Gasteiger partial charge in [-0.05, 0) is 35.0 Å². The van der Waals surface area contributed by atoms with E-state index in [0.29, 0.717) is 11.1 Å². The van der Waals surface area contributed by atoms with Gasteiger partial charge in [-0.15, -0.1) is 0 Å². The van der Waals surface area contributed by atoms with Crippen LogP contribution in [0.4, 0.5) is 0 Å². The van der Waals surface area contributed by atoms with E-state index in [1.807, 2.05) is 24.3 Å². The topological polar surface area (TPSA) is 54.9 Å². The molecule has 0 aliphatic carbocycles. The smallest absolute Gasteiger partial charge is 0.253 e. The molecule has 3 rings (SSSR count). The molecule has 0 bridgehead atoms. The molecule has 0 aliphatic heterocycles. The van der Waals surface area contributed by atoms with Gasteiger partial charge in [0.1, 0.15) is 0 Å². The fourth-order valence-corrected chi connectivity index (χ4v) is 2.99. The number of hydrogen-bond donors (Lipinski definition) is 1. The second kappa shape index (κ2) is 5.33. The molecule has 0 spiro atoms. The summed E-state index contributed by atoms with van der Waals surface area (Å²) < 4.78 is 2.22. The summed E-state index contributed by atoms with van der Waals surface area (Å²) in [6.07, 6.45) is 3.34. The number of carbonyl (C=O) groups excluding carboxylic acids is 1. The molecule has 0 amide bonds. The third-order valence-corrected chi connectivity index (χ3v) is 3.87. The predicted octanol–water partition coefficient (Wildman–Crippen LogP) is 3.28. The van der Waals surface area contributed by atoms with Crippen molar-refractivity contribution in [2.24, 2.45) is 0 Å². The number of aromatic nitrogens is 2. The van der Waals surface area contributed by atoms with Crippen molar-refractivity contribution in [1.29, 1.82) is 0 Å². The highest BCUT2D eigenvalue weighted by atomic mass is 79.9. The van der Waals surface area contributed by atoms with E-state index in [-0.39, 0.29) is 17.9 Å². The van der Waals surface area contributed by atoms with E-state index in [4.69, 9.17) is 0 Å². The number of para-hydroxylation sites is 1. The highest BCUT2D eigenvalue weighted by Gasteiger charge is 2.13. The van der Waals surface area contributed by atoms with E-state index in [1.165, 1.54) is 4.57 Å². The Morgan fingerprint density at radius 1 is 1.33 bits per heavy atom. The Labute approximate surface area is 129 Å². The van der Waals surface area contributed by atoms with Crippen molar-refractivity contribution in [2.75, 3.05) is 0 Å². The quantitative estimate of drug-likeness (QED) is 0.741. The number of H-pyrrole nitrogens is 1. The van der Waals surface area contributed by atoms with Gasteiger partial charge in [-0.25, -0.2) is 0 Å². The van der Waals surface area contributed by atoms with Crippen molar-refractivity contribution in [3.05, 3.63) is 68.7 Å². The summed E-state index contributed by atoms with van der Waals surface area (Å²) in [6.45, 7) is 1.76. The second-order valence-electron chi connectivity index (χ2n) is 4.95. The molecule has 0 atom stereocenters. The standard InChI is InChI=1S/C16H13BrN2O2/c1-10-6-11(17)8-19(16(10)21)9-15(20)13-7-18-14-5-3-2-4-12(13)14/h2-8,18H,9H2,1H3. The number of Topliss-reactive ketones (excluding diaryl/α,β-unsaturated/α-hetero) is 1. The number of nitrogens with zero attached hydrogens (tertiary/aromatic N) is 1. The minimum atomic E-state index is -0.147. The number of ketones is 1. The van der Waals surface area contributed by atoms with Crippen LogP contribution in [0.2, 0.25) is 0 Å². The monoisotopic (exact) mass is 344 g/mol. The first kappa shape index (κ1) is 13.8. The Kier molecular flexibility index (Phi) is 3.51. The molecule has 3 aromatic rings. The third kappa shape index (κ3) is 2.56. The Bertz CT molecular complexity index is 893. The average Bonchev–Trinajstić information content (AvgIpc) is 2.88. The Morgan fingerprint density at radius 3 is 2.90 bits per heavy atom. The Morgan fingerprint density at radius 2 is 2.10 bits per heavy atom. The number of benzene rings is 1. The largest absolute Gasteiger partial charge is 0.360 e. The number of rotatable bonds is 3. The highest BCUT2D eigenvalue weighted by Crippen LogP contribution is 2.18. The van der Waals surface area contributed by atoms with Gasteiger partial charge in [-0.2, -0.15) is 0 Å². The van der Waals surface area contributed by atoms with E-state index in [1.54, 1.807) is 25.4 Å². The molecule has 4 nitrogen and oxygen atoms in total. The highest BCUT2D eigenvalue weighted by molar-refractivity contribution is 9.10. The van der Waals surface area contributed by atoms with E-state index >= 15 is 0 Å². The molecule has 5 heteroatoms. The Hall–Kier alpha value is -2.14. The molecule has 0 radical (unpaired) electrons. The van der Waals surface area contributed by atoms with Gasteiger partial charge in [-0.3, -0.25) is 9.59 Å². The SMILES string of the molecule is Cc1cc(Br)cn(CC(=O)c2c[nH]c3ccccc23)c1=O. The summed E-state index contributed by atoms with van der Waals surface area (Å²) in [5.74, 6) is -0.0907. The maximum Gasteiger partial charge on any atom is 0.253 e. The first-order chi connectivity index (χ1) is 10.1. The maximum absolute atomic E-state index is 12.5. The lowest BCUT2D eigenvalue weighted by molar-refractivity contribution is 0.0972. The fourth-order valence-electron chi connectivity index (χ4n) is 2.40. The number of carbonyl (C=O) groups is 1. The first-order valence-electron chi connectivity index (χ1n) is 6.52. The number of nitrogens with one attached hydrogen (secondary N) is 1. The van der Waals surface area contributed by atoms with Crippen LogP contribution in [0.1, 0.15) is 15.9 Å². The molecular weight excluding hydrogens is 332 g/mol. The molecule has 0 saturated heterocycles. The summed E-state index contributed by atoms with van der Waals surface area (Å²) in [5.41, 5.74) is 1.98. The summed E-state index contributed by atoms with van der Waals surface area (Å²) in [4.78, 5) is 27.6. The third-order valence-electron chi connectivity index (χ3n) is 3.44. The summed E-state index contributed by atoms with van der Waals surface area (Å²) in [7, 11) is 0. The van der Waals surface area contributed by atoms with Gasteiger partial charge in [0.15, 0.2) is 5.78 Å². The molecule has 1 N–H and O–H groups in total. The van der Waals surface area contributed by atoms with Crippen molar-refractivity contribution in [2.45, 2.75) is 13.5 Å². The molecule has 0 unspecified atom stereocenters. The van der Waals surface area contributed by atoms with E-state index in [0.717, 1.165) is 15.4 Å². The van der Waals surface area contributed by atoms with Crippen LogP contribution >= 0.6 is 15.9 Å². The molecule has 0 aliphatic rings. The molecule has 2 aromatic heterocycles. The van der Waals surface area contributed by atoms with Crippen LogP contribution in [-0.4, -0.2) is 15.3 Å². The van der Waals surface area contributed by atoms with Crippen LogP contribution in [0.5, 0.6) is 0 Å². The normalized spacial score (nSPS) is 11.0. The Balaban J connectivity index is 1.99. The number of hydrogen-bond acceptors (Lipinski definition) is 2. The van der Waals surface area contributed by atoms with Crippen molar-refractivity contribution in [3.8, 4) is 0 Å². The van der Waals surface area contributed by atoms with Crippen molar-refractivity contribution in [1.82, 2.24) is 9.55 Å². The molecule has 0 fully saturated rings. The van der Waals surface area contributed by atoms with Crippen LogP contribution in [0, 0.1) is 6.92 Å². The predicted molar refractivity (Wildman–Crippen MR) is 85.8 cm³/mol. The zero-order valence-electron chi connectivity index (χ0n) is 11.4. The summed E-state index contributed by atoms with van der Waals surface area (Å²) >= 11 is 3.35. The summed E-state index contributed by atoms with van der Waals surface area (Å²) in [5, 5.41) is 0.877. The van der Waals surface area contributed by atoms with Gasteiger partial charge in [-0.1, -0.05) is 18.2 Å². The van der Waals surface area contributed by atoms with Crippen LogP contribution in [0.3, 0.4) is 0 Å². The lowest BCUT2D eigenvalue weighted by Crippen LogP contribution is -2.25. The molecule has 21 heavy (non-hydrogen) atoms. The molecule has 1 aromatic carbocycles. The van der Waals surface area contributed by atoms with Gasteiger partial charge in [0, 0.05) is 38.9 Å². The summed E-state index contributed by atoms with van der Waals surface area (Å²) in [6, 6.07) is 9.36. The number of aryl methyl sites for hydroxylation is 1. The fraction of sp³-hybridized carbons (Fsp3) is 0.125. The average molecular weight is 345 g/mol. The lowest BCUT2D eigenvalue weighted by Gasteiger charge is -2.06. The van der Waals surface area contributed by atoms with Gasteiger partial charge in [0.05, 0.1) is 6.54 Å². The van der Waals surface area contributed by atoms with Crippen LogP contribution < -0.4 is 5.56 Å². The number of halogens is 1. The zero-order chi connectivity index (χ0) is 15.0. The van der Waals surface area contributed by atoms with Crippen molar-refractivity contribution < 1.29 is 4.79 Å². The number of pyridine rings is 1. The molecular formula is C16H13BrN2O2. The first-order valence-corrected chi connectivity index (χ1v) is 7.31. The molecule has 0 saturated carbocycles. The van der Waals surface area contributed by atoms with Gasteiger partial charge in [0.25, 0.3) is 5.56 Å². The molecule has 2 heterocycles. The minimum absolute atomic E-state index is 0.0287. The maximum atomic E-state index is 12.5. The van der Waals surface area contributed by atoms with Gasteiger partial charge < -0.3 is 9.55 Å². The number of fused-ring (bicyclic) bond motifs is 1. The van der Waals surface area contributed by atoms with Crippen molar-refractivity contribution in [3.63, 3.8) is 0 Å². The van der Waals surface area contributed by atoms with E-state index < -0.39 is 0 Å². The van der Waals surface area contributed by atoms with Crippen LogP contribution in [0.15, 0.2) is 52.0 Å². The van der Waals surface area contributed by atoms with E-state index in [9.17, 15) is 9.59 Å². The molecule has 106 valence electrons.